The Bertz CT molecular complexity index is 730. The van der Waals surface area contributed by atoms with Gasteiger partial charge in [0.25, 0.3) is 0 Å². The van der Waals surface area contributed by atoms with E-state index in [0.29, 0.717) is 30.3 Å². The van der Waals surface area contributed by atoms with Gasteiger partial charge >= 0.3 is 0 Å². The van der Waals surface area contributed by atoms with E-state index in [1.807, 2.05) is 31.2 Å². The fraction of sp³-hybridized carbons (Fsp3) is 0.300. The number of carbonyl (C=O) groups is 2. The van der Waals surface area contributed by atoms with Crippen molar-refractivity contribution in [2.75, 3.05) is 25.0 Å². The van der Waals surface area contributed by atoms with Crippen molar-refractivity contribution in [3.05, 3.63) is 59.1 Å². The smallest absolute Gasteiger partial charge is 0.243 e. The fourth-order valence-electron chi connectivity index (χ4n) is 2.44. The average molecular weight is 375 g/mol. The Morgan fingerprint density at radius 3 is 2.31 bits per heavy atom. The summed E-state index contributed by atoms with van der Waals surface area (Å²) in [5, 5.41) is 3.47. The second kappa shape index (κ2) is 9.82. The van der Waals surface area contributed by atoms with Crippen LogP contribution in [0.2, 0.25) is 5.02 Å². The number of hydrogen-bond donors (Lipinski definition) is 1. The van der Waals surface area contributed by atoms with Crippen LogP contribution in [-0.2, 0) is 16.0 Å². The molecule has 2 aromatic carbocycles. The molecule has 0 bridgehead atoms. The van der Waals surface area contributed by atoms with Gasteiger partial charge in [-0.3, -0.25) is 9.59 Å². The van der Waals surface area contributed by atoms with Gasteiger partial charge in [-0.05, 0) is 55.3 Å². The van der Waals surface area contributed by atoms with Gasteiger partial charge in [0.1, 0.15) is 5.75 Å². The Hall–Kier alpha value is -2.53. The Balaban J connectivity index is 1.88. The van der Waals surface area contributed by atoms with Crippen LogP contribution in [0.25, 0.3) is 0 Å². The maximum absolute atomic E-state index is 12.2. The molecular formula is C20H23ClN2O3. The van der Waals surface area contributed by atoms with Crippen LogP contribution in [0.3, 0.4) is 0 Å². The van der Waals surface area contributed by atoms with Gasteiger partial charge in [-0.25, -0.2) is 0 Å². The highest BCUT2D eigenvalue weighted by Crippen LogP contribution is 2.15. The Labute approximate surface area is 158 Å². The number of ether oxygens (including phenoxy) is 1. The molecule has 0 aliphatic rings. The first-order valence-electron chi connectivity index (χ1n) is 8.50. The third-order valence-electron chi connectivity index (χ3n) is 3.81. The van der Waals surface area contributed by atoms with Crippen molar-refractivity contribution in [2.45, 2.75) is 20.3 Å². The summed E-state index contributed by atoms with van der Waals surface area (Å²) in [6.07, 6.45) is 0.660. The number of nitrogens with zero attached hydrogens (tertiary/aromatic N) is 1. The molecule has 2 aromatic rings. The van der Waals surface area contributed by atoms with Gasteiger partial charge in [-0.15, -0.1) is 0 Å². The summed E-state index contributed by atoms with van der Waals surface area (Å²) in [6.45, 7) is 4.44. The largest absolute Gasteiger partial charge is 0.494 e. The molecule has 2 amide bonds. The van der Waals surface area contributed by atoms with Crippen LogP contribution in [0.15, 0.2) is 48.5 Å². The topological polar surface area (TPSA) is 58.6 Å². The number of amides is 2. The highest BCUT2D eigenvalue weighted by Gasteiger charge is 2.14. The van der Waals surface area contributed by atoms with E-state index < -0.39 is 0 Å². The van der Waals surface area contributed by atoms with E-state index in [2.05, 4.69) is 5.32 Å². The highest BCUT2D eigenvalue weighted by molar-refractivity contribution is 6.30. The van der Waals surface area contributed by atoms with Crippen LogP contribution in [0.5, 0.6) is 5.75 Å². The van der Waals surface area contributed by atoms with E-state index in [9.17, 15) is 9.59 Å². The Morgan fingerprint density at radius 1 is 1.08 bits per heavy atom. The maximum Gasteiger partial charge on any atom is 0.243 e. The van der Waals surface area contributed by atoms with Gasteiger partial charge in [0.2, 0.25) is 11.8 Å². The SMILES string of the molecule is CCOc1ccc(NC(=O)CN(CCc2ccc(Cl)cc2)C(C)=O)cc1. The number of anilines is 1. The molecule has 138 valence electrons. The molecular weight excluding hydrogens is 352 g/mol. The lowest BCUT2D eigenvalue weighted by Crippen LogP contribution is -2.37. The standard InChI is InChI=1S/C20H23ClN2O3/c1-3-26-19-10-8-18(9-11-19)22-20(25)14-23(15(2)24)13-12-16-4-6-17(21)7-5-16/h4-11H,3,12-14H2,1-2H3,(H,22,25). The Kier molecular flexibility index (Phi) is 7.48. The summed E-state index contributed by atoms with van der Waals surface area (Å²) in [5.74, 6) is 0.375. The second-order valence-electron chi connectivity index (χ2n) is 5.82. The molecule has 0 saturated heterocycles. The number of hydrogen-bond acceptors (Lipinski definition) is 3. The van der Waals surface area contributed by atoms with E-state index in [1.165, 1.54) is 11.8 Å². The van der Waals surface area contributed by atoms with Crippen LogP contribution in [-0.4, -0.2) is 36.4 Å². The van der Waals surface area contributed by atoms with Gasteiger partial charge in [-0.1, -0.05) is 23.7 Å². The second-order valence-corrected chi connectivity index (χ2v) is 6.26. The summed E-state index contributed by atoms with van der Waals surface area (Å²) in [4.78, 5) is 25.6. The summed E-state index contributed by atoms with van der Waals surface area (Å²) < 4.78 is 5.37. The molecule has 0 aromatic heterocycles. The van der Waals surface area contributed by atoms with Crippen molar-refractivity contribution in [1.82, 2.24) is 4.90 Å². The average Bonchev–Trinajstić information content (AvgIpc) is 2.61. The molecule has 0 saturated carbocycles. The molecule has 0 heterocycles. The monoisotopic (exact) mass is 374 g/mol. The van der Waals surface area contributed by atoms with E-state index in [4.69, 9.17) is 16.3 Å². The molecule has 6 heteroatoms. The minimum absolute atomic E-state index is 0.0101. The summed E-state index contributed by atoms with van der Waals surface area (Å²) in [6, 6.07) is 14.6. The van der Waals surface area contributed by atoms with Gasteiger partial charge in [0.05, 0.1) is 13.2 Å². The first-order valence-corrected chi connectivity index (χ1v) is 8.88. The zero-order valence-electron chi connectivity index (χ0n) is 15.0. The van der Waals surface area contributed by atoms with Crippen molar-refractivity contribution < 1.29 is 14.3 Å². The number of benzene rings is 2. The number of carbonyl (C=O) groups excluding carboxylic acids is 2. The normalized spacial score (nSPS) is 10.3. The van der Waals surface area contributed by atoms with Crippen LogP contribution < -0.4 is 10.1 Å². The predicted molar refractivity (Wildman–Crippen MR) is 104 cm³/mol. The Morgan fingerprint density at radius 2 is 1.73 bits per heavy atom. The number of halogens is 1. The lowest BCUT2D eigenvalue weighted by atomic mass is 10.1. The number of rotatable bonds is 8. The quantitative estimate of drug-likeness (QED) is 0.765. The lowest BCUT2D eigenvalue weighted by Gasteiger charge is -2.20. The first kappa shape index (κ1) is 19.8. The minimum atomic E-state index is -0.236. The third-order valence-corrected chi connectivity index (χ3v) is 4.06. The molecule has 0 fully saturated rings. The van der Waals surface area contributed by atoms with Gasteiger partial charge in [-0.2, -0.15) is 0 Å². The molecule has 0 radical (unpaired) electrons. The summed E-state index contributed by atoms with van der Waals surface area (Å²) in [5.41, 5.74) is 1.73. The van der Waals surface area contributed by atoms with Crippen molar-refractivity contribution in [3.8, 4) is 5.75 Å². The van der Waals surface area contributed by atoms with Crippen LogP contribution in [0, 0.1) is 0 Å². The molecule has 2 rings (SSSR count). The van der Waals surface area contributed by atoms with E-state index in [-0.39, 0.29) is 18.4 Å². The minimum Gasteiger partial charge on any atom is -0.494 e. The van der Waals surface area contributed by atoms with Crippen molar-refractivity contribution in [3.63, 3.8) is 0 Å². The van der Waals surface area contributed by atoms with Crippen LogP contribution in [0.4, 0.5) is 5.69 Å². The molecule has 26 heavy (non-hydrogen) atoms. The summed E-state index contributed by atoms with van der Waals surface area (Å²) in [7, 11) is 0. The summed E-state index contributed by atoms with van der Waals surface area (Å²) >= 11 is 5.87. The van der Waals surface area contributed by atoms with Crippen molar-refractivity contribution in [1.29, 1.82) is 0 Å². The molecule has 0 aliphatic carbocycles. The number of nitrogens with one attached hydrogen (secondary N) is 1. The van der Waals surface area contributed by atoms with E-state index >= 15 is 0 Å². The molecule has 0 unspecified atom stereocenters. The zero-order chi connectivity index (χ0) is 18.9. The van der Waals surface area contributed by atoms with Crippen molar-refractivity contribution >= 4 is 29.1 Å². The highest BCUT2D eigenvalue weighted by atomic mass is 35.5. The van der Waals surface area contributed by atoms with E-state index in [1.54, 1.807) is 24.3 Å². The van der Waals surface area contributed by atoms with E-state index in [0.717, 1.165) is 11.3 Å². The molecule has 0 atom stereocenters. The lowest BCUT2D eigenvalue weighted by molar-refractivity contribution is -0.132. The molecule has 0 aliphatic heterocycles. The van der Waals surface area contributed by atoms with Crippen molar-refractivity contribution in [2.24, 2.45) is 0 Å². The van der Waals surface area contributed by atoms with Crippen LogP contribution >= 0.6 is 11.6 Å². The molecule has 1 N–H and O–H groups in total. The first-order chi connectivity index (χ1) is 12.5. The molecule has 5 nitrogen and oxygen atoms in total. The predicted octanol–water partition coefficient (Wildman–Crippen LogP) is 3.77. The van der Waals surface area contributed by atoms with Gasteiger partial charge in [0.15, 0.2) is 0 Å². The zero-order valence-corrected chi connectivity index (χ0v) is 15.8. The van der Waals surface area contributed by atoms with Gasteiger partial charge in [0, 0.05) is 24.2 Å². The third kappa shape index (κ3) is 6.41. The maximum atomic E-state index is 12.2. The van der Waals surface area contributed by atoms with Crippen LogP contribution in [0.1, 0.15) is 19.4 Å². The fourth-order valence-corrected chi connectivity index (χ4v) is 2.56. The van der Waals surface area contributed by atoms with Gasteiger partial charge < -0.3 is 15.0 Å². The molecule has 0 spiro atoms.